The Hall–Kier alpha value is -1.99. The molecule has 1 amide bonds. The molecular weight excluding hydrogens is 440 g/mol. The first-order chi connectivity index (χ1) is 15.4. The molecule has 174 valence electrons. The molecule has 0 saturated carbocycles. The third kappa shape index (κ3) is 7.01. The number of fused-ring (bicyclic) bond motifs is 1. The summed E-state index contributed by atoms with van der Waals surface area (Å²) in [7, 11) is -3.59. The van der Waals surface area contributed by atoms with Crippen LogP contribution < -0.4 is 10.0 Å². The molecule has 1 aliphatic rings. The minimum Gasteiger partial charge on any atom is -0.384 e. The summed E-state index contributed by atoms with van der Waals surface area (Å²) >= 11 is 1.89. The van der Waals surface area contributed by atoms with Crippen molar-refractivity contribution in [2.45, 2.75) is 63.4 Å². The summed E-state index contributed by atoms with van der Waals surface area (Å²) in [5, 5.41) is 3.72. The molecule has 0 fully saturated rings. The maximum Gasteiger partial charge on any atom is 0.264 e. The minimum atomic E-state index is -3.59. The number of rotatable bonds is 12. The van der Waals surface area contributed by atoms with Crippen LogP contribution in [0.3, 0.4) is 0 Å². The van der Waals surface area contributed by atoms with Crippen molar-refractivity contribution in [3.05, 3.63) is 64.7 Å². The number of nitrogens with one attached hydrogen (secondary N) is 2. The van der Waals surface area contributed by atoms with Gasteiger partial charge >= 0.3 is 0 Å². The molecule has 1 heterocycles. The van der Waals surface area contributed by atoms with Crippen LogP contribution in [0.15, 0.2) is 42.5 Å². The molecule has 1 aliphatic heterocycles. The maximum atomic E-state index is 12.4. The lowest BCUT2D eigenvalue weighted by Crippen LogP contribution is -2.32. The summed E-state index contributed by atoms with van der Waals surface area (Å²) in [5.41, 5.74) is 5.50. The van der Waals surface area contributed by atoms with Crippen molar-refractivity contribution in [1.29, 1.82) is 0 Å². The van der Waals surface area contributed by atoms with Gasteiger partial charge in [-0.1, -0.05) is 57.4 Å². The van der Waals surface area contributed by atoms with Gasteiger partial charge in [-0.3, -0.25) is 4.79 Å². The van der Waals surface area contributed by atoms with Gasteiger partial charge < -0.3 is 5.32 Å². The molecule has 0 radical (unpaired) electrons. The molecule has 5 nitrogen and oxygen atoms in total. The van der Waals surface area contributed by atoms with Crippen LogP contribution in [0, 0.1) is 0 Å². The quantitative estimate of drug-likeness (QED) is 0.387. The molecule has 0 bridgehead atoms. The number of carbonyl (C=O) groups is 1. The summed E-state index contributed by atoms with van der Waals surface area (Å²) in [5.74, 6) is 0.369. The van der Waals surface area contributed by atoms with Crippen molar-refractivity contribution in [3.63, 3.8) is 0 Å². The van der Waals surface area contributed by atoms with Crippen LogP contribution in [0.5, 0.6) is 0 Å². The van der Waals surface area contributed by atoms with Gasteiger partial charge in [0.25, 0.3) is 5.91 Å². The number of hydrogen-bond donors (Lipinski definition) is 2. The predicted molar refractivity (Wildman–Crippen MR) is 135 cm³/mol. The summed E-state index contributed by atoms with van der Waals surface area (Å²) < 4.78 is 26.5. The van der Waals surface area contributed by atoms with Gasteiger partial charge in [-0.15, -0.1) is 11.8 Å². The highest BCUT2D eigenvalue weighted by molar-refractivity contribution is 7.98. The monoisotopic (exact) mass is 474 g/mol. The first kappa shape index (κ1) is 24.6. The molecule has 1 atom stereocenters. The summed E-state index contributed by atoms with van der Waals surface area (Å²) in [6.07, 6.45) is 5.55. The molecule has 32 heavy (non-hydrogen) atoms. The van der Waals surface area contributed by atoms with Crippen LogP contribution in [0.4, 0.5) is 5.69 Å². The van der Waals surface area contributed by atoms with E-state index in [1.54, 1.807) is 12.1 Å². The largest absolute Gasteiger partial charge is 0.384 e. The van der Waals surface area contributed by atoms with Gasteiger partial charge in [-0.2, -0.15) is 0 Å². The Kier molecular flexibility index (Phi) is 9.05. The summed E-state index contributed by atoms with van der Waals surface area (Å²) in [4.78, 5) is 12.4. The number of thioether (sulfide) groups is 1. The Labute approximate surface area is 196 Å². The van der Waals surface area contributed by atoms with E-state index in [-0.39, 0.29) is 5.75 Å². The Morgan fingerprint density at radius 3 is 2.59 bits per heavy atom. The Morgan fingerprint density at radius 2 is 1.88 bits per heavy atom. The highest BCUT2D eigenvalue weighted by Crippen LogP contribution is 2.35. The first-order valence-corrected chi connectivity index (χ1v) is 14.2. The molecule has 1 unspecified atom stereocenters. The first-order valence-electron chi connectivity index (χ1n) is 11.5. The van der Waals surface area contributed by atoms with E-state index in [9.17, 15) is 13.2 Å². The minimum absolute atomic E-state index is 0.00979. The zero-order chi connectivity index (χ0) is 23.0. The molecule has 0 aliphatic carbocycles. The smallest absolute Gasteiger partial charge is 0.264 e. The molecule has 3 rings (SSSR count). The molecule has 2 aromatic rings. The Morgan fingerprint density at radius 1 is 1.09 bits per heavy atom. The van der Waals surface area contributed by atoms with Gasteiger partial charge in [0.15, 0.2) is 0 Å². The molecule has 0 aromatic heterocycles. The van der Waals surface area contributed by atoms with E-state index < -0.39 is 15.9 Å². The predicted octanol–water partition coefficient (Wildman–Crippen LogP) is 5.68. The molecule has 0 saturated heterocycles. The lowest BCUT2D eigenvalue weighted by atomic mass is 10.1. The average Bonchev–Trinajstić information content (AvgIpc) is 3.25. The van der Waals surface area contributed by atoms with E-state index in [0.29, 0.717) is 17.2 Å². The van der Waals surface area contributed by atoms with Crippen molar-refractivity contribution >= 4 is 33.4 Å². The zero-order valence-electron chi connectivity index (χ0n) is 19.0. The van der Waals surface area contributed by atoms with Crippen molar-refractivity contribution in [3.8, 4) is 0 Å². The van der Waals surface area contributed by atoms with Crippen LogP contribution in [0.25, 0.3) is 0 Å². The number of hydrogen-bond acceptors (Lipinski definition) is 5. The lowest BCUT2D eigenvalue weighted by molar-refractivity contribution is 0.0981. The summed E-state index contributed by atoms with van der Waals surface area (Å²) in [6.45, 7) is 5.26. The van der Waals surface area contributed by atoms with E-state index in [2.05, 4.69) is 42.1 Å². The van der Waals surface area contributed by atoms with E-state index in [1.807, 2.05) is 23.9 Å². The SMILES string of the molecule is CCCCCCS(=O)(=O)NC(=O)c1ccc(C(CC)SCc2ccc3c(c2)CCN3)cc1. The molecular formula is C25H34N2O3S2. The van der Waals surface area contributed by atoms with Crippen molar-refractivity contribution < 1.29 is 13.2 Å². The third-order valence-electron chi connectivity index (χ3n) is 5.76. The standard InChI is InChI=1S/C25H34N2O3S2/c1-3-5-6-7-16-32(29,30)27-25(28)21-11-9-20(10-12-21)24(4-2)31-18-19-8-13-23-22(17-19)14-15-26-23/h8-13,17,24,26H,3-7,14-16,18H2,1-2H3,(H,27,28). The second kappa shape index (κ2) is 11.8. The normalized spacial score (nSPS) is 13.9. The number of amides is 1. The molecule has 2 N–H and O–H groups in total. The van der Waals surface area contributed by atoms with Crippen LogP contribution in [0.2, 0.25) is 0 Å². The van der Waals surface area contributed by atoms with Crippen LogP contribution in [0.1, 0.15) is 78.2 Å². The topological polar surface area (TPSA) is 75.3 Å². The molecule has 2 aromatic carbocycles. The number of anilines is 1. The molecule has 7 heteroatoms. The third-order valence-corrected chi connectivity index (χ3v) is 8.59. The van der Waals surface area contributed by atoms with Crippen molar-refractivity contribution in [2.75, 3.05) is 17.6 Å². The second-order valence-corrected chi connectivity index (χ2v) is 11.3. The Balaban J connectivity index is 1.55. The highest BCUT2D eigenvalue weighted by Gasteiger charge is 2.17. The zero-order valence-corrected chi connectivity index (χ0v) is 20.7. The van der Waals surface area contributed by atoms with Crippen molar-refractivity contribution in [1.82, 2.24) is 4.72 Å². The number of sulfonamides is 1. The number of unbranched alkanes of at least 4 members (excludes halogenated alkanes) is 3. The average molecular weight is 475 g/mol. The maximum absolute atomic E-state index is 12.4. The van der Waals surface area contributed by atoms with E-state index in [1.165, 1.54) is 16.8 Å². The second-order valence-electron chi connectivity index (χ2n) is 8.31. The van der Waals surface area contributed by atoms with Gasteiger partial charge in [0, 0.05) is 28.8 Å². The van der Waals surface area contributed by atoms with Gasteiger partial charge in [-0.05, 0) is 54.2 Å². The number of carbonyl (C=O) groups excluding carboxylic acids is 1. The van der Waals surface area contributed by atoms with E-state index >= 15 is 0 Å². The Bertz CT molecular complexity index is 1000. The number of benzene rings is 2. The van der Waals surface area contributed by atoms with Gasteiger partial charge in [-0.25, -0.2) is 13.1 Å². The fourth-order valence-electron chi connectivity index (χ4n) is 3.91. The van der Waals surface area contributed by atoms with Gasteiger partial charge in [0.1, 0.15) is 0 Å². The van der Waals surface area contributed by atoms with Crippen molar-refractivity contribution in [2.24, 2.45) is 0 Å². The fraction of sp³-hybridized carbons (Fsp3) is 0.480. The van der Waals surface area contributed by atoms with E-state index in [4.69, 9.17) is 0 Å². The van der Waals surface area contributed by atoms with Crippen LogP contribution in [-0.2, 0) is 22.2 Å². The van der Waals surface area contributed by atoms with Crippen LogP contribution in [-0.4, -0.2) is 26.6 Å². The van der Waals surface area contributed by atoms with Crippen LogP contribution >= 0.6 is 11.8 Å². The fourth-order valence-corrected chi connectivity index (χ4v) is 6.16. The molecule has 0 spiro atoms. The van der Waals surface area contributed by atoms with E-state index in [0.717, 1.165) is 50.0 Å². The lowest BCUT2D eigenvalue weighted by Gasteiger charge is -2.16. The van der Waals surface area contributed by atoms with Gasteiger partial charge in [0.05, 0.1) is 5.75 Å². The highest BCUT2D eigenvalue weighted by atomic mass is 32.2. The van der Waals surface area contributed by atoms with Gasteiger partial charge in [0.2, 0.25) is 10.0 Å². The summed E-state index contributed by atoms with van der Waals surface area (Å²) in [6, 6.07) is 14.0.